The van der Waals surface area contributed by atoms with Gasteiger partial charge in [-0.25, -0.2) is 0 Å². The van der Waals surface area contributed by atoms with Crippen LogP contribution < -0.4 is 16.4 Å². The van der Waals surface area contributed by atoms with Gasteiger partial charge in [0.15, 0.2) is 0 Å². The molecule has 0 heterocycles. The van der Waals surface area contributed by atoms with Crippen molar-refractivity contribution in [3.8, 4) is 0 Å². The van der Waals surface area contributed by atoms with Gasteiger partial charge in [-0.1, -0.05) is 0 Å². The number of methoxy groups -OCH3 is 1. The Hall–Kier alpha value is -1.92. The summed E-state index contributed by atoms with van der Waals surface area (Å²) in [5.41, 5.74) is 7.07. The van der Waals surface area contributed by atoms with Crippen LogP contribution in [-0.4, -0.2) is 38.6 Å². The molecule has 6 nitrogen and oxygen atoms in total. The molecule has 0 aliphatic heterocycles. The summed E-state index contributed by atoms with van der Waals surface area (Å²) >= 11 is 0. The monoisotopic (exact) mass is 265 g/mol. The highest BCUT2D eigenvalue weighted by Crippen LogP contribution is 2.16. The van der Waals surface area contributed by atoms with Gasteiger partial charge in [-0.05, 0) is 30.7 Å². The van der Waals surface area contributed by atoms with Crippen LogP contribution in [0.25, 0.3) is 0 Å². The van der Waals surface area contributed by atoms with Crippen LogP contribution in [0.1, 0.15) is 15.9 Å². The number of nitrogens with one attached hydrogen (secondary N) is 2. The fraction of sp³-hybridized carbons (Fsp3) is 0.385. The van der Waals surface area contributed by atoms with Crippen LogP contribution in [0.3, 0.4) is 0 Å². The van der Waals surface area contributed by atoms with Gasteiger partial charge in [0, 0.05) is 24.9 Å². The second-order valence-electron chi connectivity index (χ2n) is 4.11. The second-order valence-corrected chi connectivity index (χ2v) is 4.11. The molecule has 0 aliphatic carbocycles. The molecule has 1 aromatic carbocycles. The largest absolute Gasteiger partial charge is 0.383 e. The van der Waals surface area contributed by atoms with E-state index in [2.05, 4.69) is 10.6 Å². The summed E-state index contributed by atoms with van der Waals surface area (Å²) < 4.78 is 4.86. The fourth-order valence-electron chi connectivity index (χ4n) is 1.53. The molecule has 0 unspecified atom stereocenters. The summed E-state index contributed by atoms with van der Waals surface area (Å²) in [5, 5.41) is 5.70. The van der Waals surface area contributed by atoms with Gasteiger partial charge in [-0.15, -0.1) is 0 Å². The predicted molar refractivity (Wildman–Crippen MR) is 73.1 cm³/mol. The Kier molecular flexibility index (Phi) is 5.98. The van der Waals surface area contributed by atoms with Gasteiger partial charge in [0.1, 0.15) is 0 Å². The summed E-state index contributed by atoms with van der Waals surface area (Å²) in [4.78, 5) is 22.6. The van der Waals surface area contributed by atoms with Crippen molar-refractivity contribution in [1.82, 2.24) is 5.32 Å². The molecular weight excluding hydrogens is 246 g/mol. The normalized spacial score (nSPS) is 10.2. The van der Waals surface area contributed by atoms with E-state index in [0.717, 1.165) is 5.56 Å². The van der Waals surface area contributed by atoms with Crippen molar-refractivity contribution < 1.29 is 14.3 Å². The van der Waals surface area contributed by atoms with E-state index >= 15 is 0 Å². The van der Waals surface area contributed by atoms with E-state index in [-0.39, 0.29) is 12.5 Å². The summed E-state index contributed by atoms with van der Waals surface area (Å²) in [6.45, 7) is 3.18. The number of rotatable bonds is 7. The Bertz CT molecular complexity index is 460. The molecule has 0 aromatic heterocycles. The molecule has 4 N–H and O–H groups in total. The fourth-order valence-corrected chi connectivity index (χ4v) is 1.53. The van der Waals surface area contributed by atoms with Gasteiger partial charge < -0.3 is 21.1 Å². The first-order chi connectivity index (χ1) is 9.04. The molecule has 0 bridgehead atoms. The minimum atomic E-state index is -0.484. The topological polar surface area (TPSA) is 93.4 Å². The number of carbonyl (C=O) groups is 2. The minimum Gasteiger partial charge on any atom is -0.383 e. The van der Waals surface area contributed by atoms with Crippen LogP contribution >= 0.6 is 0 Å². The van der Waals surface area contributed by atoms with E-state index in [0.29, 0.717) is 24.4 Å². The van der Waals surface area contributed by atoms with Crippen molar-refractivity contribution >= 4 is 17.5 Å². The van der Waals surface area contributed by atoms with Crippen LogP contribution in [0, 0.1) is 6.92 Å². The van der Waals surface area contributed by atoms with E-state index in [9.17, 15) is 9.59 Å². The molecule has 1 rings (SSSR count). The van der Waals surface area contributed by atoms with Gasteiger partial charge in [0.25, 0.3) is 0 Å². The number of benzene rings is 1. The van der Waals surface area contributed by atoms with E-state index in [4.69, 9.17) is 10.5 Å². The molecule has 0 atom stereocenters. The second kappa shape index (κ2) is 7.50. The molecule has 0 saturated carbocycles. The minimum absolute atomic E-state index is 0.147. The molecule has 6 heteroatoms. The van der Waals surface area contributed by atoms with Crippen LogP contribution in [0.5, 0.6) is 0 Å². The zero-order valence-corrected chi connectivity index (χ0v) is 11.2. The smallest absolute Gasteiger partial charge is 0.248 e. The Morgan fingerprint density at radius 1 is 1.37 bits per heavy atom. The van der Waals surface area contributed by atoms with Crippen LogP contribution in [-0.2, 0) is 9.53 Å². The lowest BCUT2D eigenvalue weighted by molar-refractivity contribution is -0.115. The van der Waals surface area contributed by atoms with E-state index in [1.54, 1.807) is 32.2 Å². The van der Waals surface area contributed by atoms with E-state index in [1.165, 1.54) is 0 Å². The first-order valence-electron chi connectivity index (χ1n) is 5.94. The van der Waals surface area contributed by atoms with E-state index < -0.39 is 5.91 Å². The SMILES string of the molecule is COCCNCC(=O)Nc1ccc(C(N)=O)cc1C. The number of amides is 2. The molecule has 0 radical (unpaired) electrons. The first kappa shape index (κ1) is 15.1. The number of anilines is 1. The Balaban J connectivity index is 2.52. The predicted octanol–water partition coefficient (Wildman–Crippen LogP) is 0.268. The van der Waals surface area contributed by atoms with Crippen molar-refractivity contribution in [2.24, 2.45) is 5.73 Å². The third-order valence-corrected chi connectivity index (χ3v) is 2.55. The zero-order valence-electron chi connectivity index (χ0n) is 11.2. The Morgan fingerprint density at radius 3 is 2.68 bits per heavy atom. The van der Waals surface area contributed by atoms with Crippen LogP contribution in [0.4, 0.5) is 5.69 Å². The summed E-state index contributed by atoms with van der Waals surface area (Å²) in [7, 11) is 1.60. The van der Waals surface area contributed by atoms with Gasteiger partial charge in [0.2, 0.25) is 11.8 Å². The molecular formula is C13H19N3O3. The number of primary amides is 1. The highest BCUT2D eigenvalue weighted by Gasteiger charge is 2.07. The third kappa shape index (κ3) is 5.07. The quantitative estimate of drug-likeness (QED) is 0.617. The number of carbonyl (C=O) groups excluding carboxylic acids is 2. The molecule has 0 aliphatic rings. The highest BCUT2D eigenvalue weighted by molar-refractivity contribution is 5.96. The number of nitrogens with two attached hydrogens (primary N) is 1. The molecule has 0 saturated heterocycles. The number of hydrogen-bond donors (Lipinski definition) is 3. The van der Waals surface area contributed by atoms with Gasteiger partial charge in [-0.3, -0.25) is 9.59 Å². The summed E-state index contributed by atoms with van der Waals surface area (Å²) in [6.07, 6.45) is 0. The highest BCUT2D eigenvalue weighted by atomic mass is 16.5. The maximum Gasteiger partial charge on any atom is 0.248 e. The first-order valence-corrected chi connectivity index (χ1v) is 5.94. The Morgan fingerprint density at radius 2 is 2.11 bits per heavy atom. The zero-order chi connectivity index (χ0) is 14.3. The summed E-state index contributed by atoms with van der Waals surface area (Å²) in [6, 6.07) is 4.90. The van der Waals surface area contributed by atoms with Crippen molar-refractivity contribution in [3.05, 3.63) is 29.3 Å². The maximum atomic E-state index is 11.6. The summed E-state index contributed by atoms with van der Waals surface area (Å²) in [5.74, 6) is -0.631. The van der Waals surface area contributed by atoms with Gasteiger partial charge in [0.05, 0.1) is 13.2 Å². The lowest BCUT2D eigenvalue weighted by Gasteiger charge is -2.10. The van der Waals surface area contributed by atoms with Crippen molar-refractivity contribution in [3.63, 3.8) is 0 Å². The molecule has 104 valence electrons. The number of ether oxygens (including phenoxy) is 1. The van der Waals surface area contributed by atoms with Crippen molar-refractivity contribution in [2.45, 2.75) is 6.92 Å². The number of aryl methyl sites for hydroxylation is 1. The molecule has 0 spiro atoms. The van der Waals surface area contributed by atoms with Crippen LogP contribution in [0.2, 0.25) is 0 Å². The Labute approximate surface area is 112 Å². The van der Waals surface area contributed by atoms with Crippen molar-refractivity contribution in [1.29, 1.82) is 0 Å². The molecule has 1 aromatic rings. The average molecular weight is 265 g/mol. The van der Waals surface area contributed by atoms with Gasteiger partial charge in [-0.2, -0.15) is 0 Å². The molecule has 2 amide bonds. The lowest BCUT2D eigenvalue weighted by atomic mass is 10.1. The molecule has 19 heavy (non-hydrogen) atoms. The van der Waals surface area contributed by atoms with Gasteiger partial charge >= 0.3 is 0 Å². The maximum absolute atomic E-state index is 11.6. The lowest BCUT2D eigenvalue weighted by Crippen LogP contribution is -2.30. The average Bonchev–Trinajstić information content (AvgIpc) is 2.37. The van der Waals surface area contributed by atoms with Crippen LogP contribution in [0.15, 0.2) is 18.2 Å². The standard InChI is InChI=1S/C13H19N3O3/c1-9-7-10(13(14)18)3-4-11(9)16-12(17)8-15-5-6-19-2/h3-4,7,15H,5-6,8H2,1-2H3,(H2,14,18)(H,16,17). The third-order valence-electron chi connectivity index (χ3n) is 2.55. The van der Waals surface area contributed by atoms with E-state index in [1.807, 2.05) is 0 Å². The van der Waals surface area contributed by atoms with Crippen molar-refractivity contribution in [2.75, 3.05) is 32.1 Å². The molecule has 0 fully saturated rings. The number of hydrogen-bond acceptors (Lipinski definition) is 4.